The molecule has 1 aliphatic rings. The van der Waals surface area contributed by atoms with Crippen LogP contribution in [0.1, 0.15) is 88.8 Å². The van der Waals surface area contributed by atoms with Gasteiger partial charge in [0, 0.05) is 63.9 Å². The van der Waals surface area contributed by atoms with E-state index in [0.29, 0.717) is 39.0 Å². The highest BCUT2D eigenvalue weighted by molar-refractivity contribution is 5.78. The lowest BCUT2D eigenvalue weighted by atomic mass is 10.2. The first-order chi connectivity index (χ1) is 22.7. The lowest BCUT2D eigenvalue weighted by Crippen LogP contribution is -2.36. The Morgan fingerprint density at radius 1 is 0.761 bits per heavy atom. The maximum absolute atomic E-state index is 12.1. The zero-order valence-electron chi connectivity index (χ0n) is 28.3. The predicted molar refractivity (Wildman–Crippen MR) is 194 cm³/mol. The molecule has 0 aliphatic carbocycles. The highest BCUT2D eigenvalue weighted by atomic mass is 16.2. The molecule has 252 valence electrons. The van der Waals surface area contributed by atoms with Crippen LogP contribution in [0.4, 0.5) is 0 Å². The summed E-state index contributed by atoms with van der Waals surface area (Å²) in [6.07, 6.45) is 38.9. The normalized spacial score (nSPS) is 14.4. The number of unbranched alkanes of at least 4 members (excludes halogenated alkanes) is 1. The molecular weight excluding hydrogens is 570 g/mol. The molecule has 7 nitrogen and oxygen atoms in total. The maximum atomic E-state index is 12.1. The second kappa shape index (κ2) is 27.7. The molecule has 2 heterocycles. The number of allylic oxidation sites excluding steroid dienone is 10. The van der Waals surface area contributed by atoms with E-state index in [4.69, 9.17) is 0 Å². The summed E-state index contributed by atoms with van der Waals surface area (Å²) in [4.78, 5) is 31.2. The number of carbonyl (C=O) groups is 2. The number of hydrogen-bond donors (Lipinski definition) is 3. The number of nitrogens with one attached hydrogen (secondary N) is 3. The number of carbonyl (C=O) groups excluding carboxylic acids is 2. The van der Waals surface area contributed by atoms with Crippen LogP contribution in [0.3, 0.4) is 0 Å². The fourth-order valence-corrected chi connectivity index (χ4v) is 4.88. The van der Waals surface area contributed by atoms with Crippen molar-refractivity contribution in [1.82, 2.24) is 25.8 Å². The van der Waals surface area contributed by atoms with Crippen LogP contribution >= 0.6 is 0 Å². The lowest BCUT2D eigenvalue weighted by Gasteiger charge is -2.13. The van der Waals surface area contributed by atoms with Crippen LogP contribution in [0.25, 0.3) is 6.08 Å². The number of pyridine rings is 1. The largest absolute Gasteiger partial charge is 0.355 e. The van der Waals surface area contributed by atoms with E-state index < -0.39 is 0 Å². The van der Waals surface area contributed by atoms with Gasteiger partial charge in [-0.2, -0.15) is 0 Å². The van der Waals surface area contributed by atoms with Crippen LogP contribution in [-0.2, 0) is 16.0 Å². The minimum absolute atomic E-state index is 0.00550. The molecule has 46 heavy (non-hydrogen) atoms. The first-order valence-corrected chi connectivity index (χ1v) is 17.5. The summed E-state index contributed by atoms with van der Waals surface area (Å²) in [5, 5.41) is 9.12. The van der Waals surface area contributed by atoms with E-state index >= 15 is 0 Å². The first kappa shape index (κ1) is 38.6. The molecule has 0 radical (unpaired) electrons. The quantitative estimate of drug-likeness (QED) is 0.0812. The molecule has 0 saturated carbocycles. The van der Waals surface area contributed by atoms with E-state index in [-0.39, 0.29) is 11.8 Å². The van der Waals surface area contributed by atoms with Crippen molar-refractivity contribution in [2.24, 2.45) is 0 Å². The zero-order chi connectivity index (χ0) is 32.8. The van der Waals surface area contributed by atoms with Gasteiger partial charge in [0.25, 0.3) is 0 Å². The van der Waals surface area contributed by atoms with Gasteiger partial charge >= 0.3 is 0 Å². The van der Waals surface area contributed by atoms with Crippen molar-refractivity contribution in [2.75, 3.05) is 45.8 Å². The number of amides is 2. The second-order valence-corrected chi connectivity index (χ2v) is 11.5. The Morgan fingerprint density at radius 2 is 1.37 bits per heavy atom. The van der Waals surface area contributed by atoms with Gasteiger partial charge in [0.05, 0.1) is 0 Å². The molecule has 1 fully saturated rings. The van der Waals surface area contributed by atoms with Gasteiger partial charge in [0.1, 0.15) is 0 Å². The van der Waals surface area contributed by atoms with Gasteiger partial charge in [-0.25, -0.2) is 0 Å². The zero-order valence-corrected chi connectivity index (χ0v) is 28.3. The van der Waals surface area contributed by atoms with Crippen molar-refractivity contribution >= 4 is 17.9 Å². The standard InChI is InChI=1S/C39H59N5O2/c1-2-3-4-5-6-7-8-9-10-11-12-13-14-15-16-17-18-23-38(45)41-30-28-40-29-31-42-39(46)24-21-22-36-25-26-37(43-35-36)27-34-44-32-19-20-33-44/h3-4,6-7,9-10,12-13,15-16,21-22,25-26,35,40H,2,5,8,11,14,17-20,23-24,27-34H2,1H3,(H,41,45)(H,42,46). The summed E-state index contributed by atoms with van der Waals surface area (Å²) in [6, 6.07) is 4.15. The summed E-state index contributed by atoms with van der Waals surface area (Å²) in [6.45, 7) is 8.15. The number of rotatable bonds is 25. The van der Waals surface area contributed by atoms with Crippen LogP contribution < -0.4 is 16.0 Å². The van der Waals surface area contributed by atoms with Gasteiger partial charge in [-0.05, 0) is 82.5 Å². The molecule has 1 saturated heterocycles. The van der Waals surface area contributed by atoms with Crippen molar-refractivity contribution in [3.63, 3.8) is 0 Å². The average molecular weight is 630 g/mol. The van der Waals surface area contributed by atoms with E-state index in [1.54, 1.807) is 0 Å². The van der Waals surface area contributed by atoms with Gasteiger partial charge in [-0.1, -0.05) is 85.9 Å². The predicted octanol–water partition coefficient (Wildman–Crippen LogP) is 6.87. The Morgan fingerprint density at radius 3 is 1.98 bits per heavy atom. The van der Waals surface area contributed by atoms with E-state index in [9.17, 15) is 9.59 Å². The van der Waals surface area contributed by atoms with Crippen LogP contribution in [0.2, 0.25) is 0 Å². The number of aromatic nitrogens is 1. The minimum atomic E-state index is -0.00550. The maximum Gasteiger partial charge on any atom is 0.223 e. The Balaban J connectivity index is 1.36. The molecule has 2 rings (SSSR count). The van der Waals surface area contributed by atoms with Gasteiger partial charge in [-0.15, -0.1) is 0 Å². The Kier molecular flexibility index (Phi) is 23.3. The Bertz CT molecular complexity index is 1110. The topological polar surface area (TPSA) is 86.4 Å². The molecule has 0 atom stereocenters. The molecule has 0 spiro atoms. The Hall–Kier alpha value is -3.55. The second-order valence-electron chi connectivity index (χ2n) is 11.5. The van der Waals surface area contributed by atoms with Crippen molar-refractivity contribution < 1.29 is 9.59 Å². The molecule has 1 aromatic rings. The molecule has 1 aliphatic heterocycles. The van der Waals surface area contributed by atoms with Crippen LogP contribution in [-0.4, -0.2) is 67.5 Å². The molecule has 3 N–H and O–H groups in total. The number of hydrogen-bond acceptors (Lipinski definition) is 5. The van der Waals surface area contributed by atoms with Crippen LogP contribution in [0.15, 0.2) is 85.2 Å². The third kappa shape index (κ3) is 22.0. The van der Waals surface area contributed by atoms with Gasteiger partial charge < -0.3 is 20.9 Å². The van der Waals surface area contributed by atoms with E-state index in [2.05, 4.69) is 106 Å². The summed E-state index contributed by atoms with van der Waals surface area (Å²) in [7, 11) is 0. The van der Waals surface area contributed by atoms with Crippen molar-refractivity contribution in [2.45, 2.75) is 84.0 Å². The lowest BCUT2D eigenvalue weighted by molar-refractivity contribution is -0.121. The molecule has 1 aromatic heterocycles. The third-order valence-corrected chi connectivity index (χ3v) is 7.52. The molecule has 0 aromatic carbocycles. The first-order valence-electron chi connectivity index (χ1n) is 17.5. The van der Waals surface area contributed by atoms with E-state index in [1.807, 2.05) is 18.3 Å². The number of nitrogens with zero attached hydrogens (tertiary/aromatic N) is 2. The summed E-state index contributed by atoms with van der Waals surface area (Å²) in [5.74, 6) is 0.0789. The van der Waals surface area contributed by atoms with Crippen molar-refractivity contribution in [1.29, 1.82) is 0 Å². The van der Waals surface area contributed by atoms with Crippen LogP contribution in [0.5, 0.6) is 0 Å². The number of likely N-dealkylation sites (tertiary alicyclic amines) is 1. The van der Waals surface area contributed by atoms with E-state index in [0.717, 1.165) is 69.2 Å². The molecule has 2 amide bonds. The summed E-state index contributed by atoms with van der Waals surface area (Å²) >= 11 is 0. The summed E-state index contributed by atoms with van der Waals surface area (Å²) in [5.41, 5.74) is 2.13. The highest BCUT2D eigenvalue weighted by Crippen LogP contribution is 2.09. The Labute approximate surface area is 279 Å². The molecular formula is C39H59N5O2. The fourth-order valence-electron chi connectivity index (χ4n) is 4.88. The van der Waals surface area contributed by atoms with E-state index in [1.165, 1.54) is 25.9 Å². The van der Waals surface area contributed by atoms with Gasteiger partial charge in [0.2, 0.25) is 11.8 Å². The average Bonchev–Trinajstić information content (AvgIpc) is 3.59. The minimum Gasteiger partial charge on any atom is -0.355 e. The highest BCUT2D eigenvalue weighted by Gasteiger charge is 2.11. The van der Waals surface area contributed by atoms with Gasteiger partial charge in [0.15, 0.2) is 0 Å². The molecule has 0 unspecified atom stereocenters. The van der Waals surface area contributed by atoms with Crippen molar-refractivity contribution in [3.05, 3.63) is 96.4 Å². The fraction of sp³-hybridized carbons (Fsp3) is 0.513. The smallest absolute Gasteiger partial charge is 0.223 e. The SMILES string of the molecule is CCC=CCC=CCC=CCC=CCC=CCCCC(=O)NCCNCCNC(=O)CC=Cc1ccc(CCN2CCCC2)nc1. The molecule has 7 heteroatoms. The van der Waals surface area contributed by atoms with Gasteiger partial charge in [-0.3, -0.25) is 14.6 Å². The third-order valence-electron chi connectivity index (χ3n) is 7.52. The van der Waals surface area contributed by atoms with Crippen LogP contribution in [0, 0.1) is 0 Å². The monoisotopic (exact) mass is 629 g/mol. The molecule has 0 bridgehead atoms. The summed E-state index contributed by atoms with van der Waals surface area (Å²) < 4.78 is 0. The van der Waals surface area contributed by atoms with Crippen molar-refractivity contribution in [3.8, 4) is 0 Å².